The van der Waals surface area contributed by atoms with Gasteiger partial charge in [-0.05, 0) is 54.8 Å². The summed E-state index contributed by atoms with van der Waals surface area (Å²) < 4.78 is 1.12. The monoisotopic (exact) mass is 351 g/mol. The number of rotatable bonds is 6. The molecule has 2 aromatic rings. The Hall–Kier alpha value is -0.830. The molecule has 0 spiro atoms. The Balaban J connectivity index is 2.05. The van der Waals surface area contributed by atoms with E-state index in [2.05, 4.69) is 58.5 Å². The van der Waals surface area contributed by atoms with E-state index >= 15 is 0 Å². The van der Waals surface area contributed by atoms with E-state index < -0.39 is 0 Å². The fraction of sp³-hybridized carbons (Fsp3) is 0.294. The van der Waals surface area contributed by atoms with Crippen LogP contribution in [0.2, 0.25) is 5.02 Å². The van der Waals surface area contributed by atoms with Gasteiger partial charge in [0.25, 0.3) is 0 Å². The third-order valence-corrected chi connectivity index (χ3v) is 4.02. The van der Waals surface area contributed by atoms with E-state index in [1.54, 1.807) is 0 Å². The number of hydrogen-bond acceptors (Lipinski definition) is 1. The molecule has 1 N–H and O–H groups in total. The second-order valence-electron chi connectivity index (χ2n) is 4.92. The van der Waals surface area contributed by atoms with Crippen molar-refractivity contribution in [1.29, 1.82) is 0 Å². The highest BCUT2D eigenvalue weighted by molar-refractivity contribution is 9.10. The van der Waals surface area contributed by atoms with Gasteiger partial charge in [0, 0.05) is 15.5 Å². The summed E-state index contributed by atoms with van der Waals surface area (Å²) in [7, 11) is 0. The van der Waals surface area contributed by atoms with Crippen molar-refractivity contribution < 1.29 is 0 Å². The van der Waals surface area contributed by atoms with Gasteiger partial charge in [-0.2, -0.15) is 0 Å². The largest absolute Gasteiger partial charge is 0.314 e. The average molecular weight is 353 g/mol. The molecule has 1 atom stereocenters. The molecule has 106 valence electrons. The van der Waals surface area contributed by atoms with E-state index in [4.69, 9.17) is 11.6 Å². The summed E-state index contributed by atoms with van der Waals surface area (Å²) in [6.07, 6.45) is 2.01. The lowest BCUT2D eigenvalue weighted by Crippen LogP contribution is -2.33. The quantitative estimate of drug-likeness (QED) is 0.782. The maximum Gasteiger partial charge on any atom is 0.0408 e. The minimum atomic E-state index is 0.430. The van der Waals surface area contributed by atoms with E-state index in [1.165, 1.54) is 11.1 Å². The zero-order valence-corrected chi connectivity index (χ0v) is 13.9. The molecule has 0 aliphatic carbocycles. The van der Waals surface area contributed by atoms with Crippen molar-refractivity contribution in [3.05, 3.63) is 69.2 Å². The molecule has 0 aliphatic rings. The van der Waals surface area contributed by atoms with Crippen LogP contribution in [-0.4, -0.2) is 12.6 Å². The first kappa shape index (κ1) is 15.6. The fourth-order valence-corrected chi connectivity index (χ4v) is 2.84. The summed E-state index contributed by atoms with van der Waals surface area (Å²) in [4.78, 5) is 0. The second-order valence-corrected chi connectivity index (χ2v) is 6.27. The molecule has 0 aromatic heterocycles. The fourth-order valence-electron chi connectivity index (χ4n) is 2.36. The van der Waals surface area contributed by atoms with E-state index in [-0.39, 0.29) is 0 Å². The molecule has 0 heterocycles. The predicted octanol–water partition coefficient (Wildman–Crippen LogP) is 4.87. The third kappa shape index (κ3) is 4.93. The molecule has 1 unspecified atom stereocenters. The number of benzene rings is 2. The molecule has 2 rings (SSSR count). The Morgan fingerprint density at radius 2 is 1.75 bits per heavy atom. The summed E-state index contributed by atoms with van der Waals surface area (Å²) in [6.45, 7) is 3.12. The minimum absolute atomic E-state index is 0.430. The van der Waals surface area contributed by atoms with Gasteiger partial charge in [-0.25, -0.2) is 0 Å². The standard InChI is InChI=1S/C17H19BrClN/c1-2-20-17(11-13-6-8-15(18)9-7-13)12-14-4-3-5-16(19)10-14/h3-10,17,20H,2,11-12H2,1H3. The normalized spacial score (nSPS) is 12.3. The van der Waals surface area contributed by atoms with Crippen molar-refractivity contribution >= 4 is 27.5 Å². The van der Waals surface area contributed by atoms with E-state index in [0.29, 0.717) is 6.04 Å². The molecular formula is C17H19BrClN. The zero-order chi connectivity index (χ0) is 14.4. The molecule has 0 radical (unpaired) electrons. The lowest BCUT2D eigenvalue weighted by atomic mass is 9.99. The maximum absolute atomic E-state index is 6.06. The lowest BCUT2D eigenvalue weighted by Gasteiger charge is -2.18. The van der Waals surface area contributed by atoms with Gasteiger partial charge < -0.3 is 5.32 Å². The molecule has 1 nitrogen and oxygen atoms in total. The Bertz CT molecular complexity index is 539. The predicted molar refractivity (Wildman–Crippen MR) is 90.5 cm³/mol. The van der Waals surface area contributed by atoms with Crippen molar-refractivity contribution in [2.45, 2.75) is 25.8 Å². The zero-order valence-electron chi connectivity index (χ0n) is 11.6. The van der Waals surface area contributed by atoms with Crippen molar-refractivity contribution in [1.82, 2.24) is 5.32 Å². The number of hydrogen-bond donors (Lipinski definition) is 1. The summed E-state index contributed by atoms with van der Waals surface area (Å²) >= 11 is 9.53. The first-order valence-corrected chi connectivity index (χ1v) is 8.06. The molecule has 0 bridgehead atoms. The molecule has 2 aromatic carbocycles. The summed E-state index contributed by atoms with van der Waals surface area (Å²) in [5.41, 5.74) is 2.63. The summed E-state index contributed by atoms with van der Waals surface area (Å²) in [5.74, 6) is 0. The van der Waals surface area contributed by atoms with Crippen LogP contribution in [0.5, 0.6) is 0 Å². The molecule has 0 saturated heterocycles. The van der Waals surface area contributed by atoms with Gasteiger partial charge in [-0.3, -0.25) is 0 Å². The van der Waals surface area contributed by atoms with Crippen molar-refractivity contribution in [2.24, 2.45) is 0 Å². The van der Waals surface area contributed by atoms with Gasteiger partial charge in [-0.1, -0.05) is 58.7 Å². The van der Waals surface area contributed by atoms with Crippen LogP contribution in [0.4, 0.5) is 0 Å². The van der Waals surface area contributed by atoms with Crippen molar-refractivity contribution in [3.63, 3.8) is 0 Å². The van der Waals surface area contributed by atoms with Crippen molar-refractivity contribution in [2.75, 3.05) is 6.54 Å². The van der Waals surface area contributed by atoms with Crippen LogP contribution in [0.3, 0.4) is 0 Å². The van der Waals surface area contributed by atoms with Gasteiger partial charge in [0.05, 0.1) is 0 Å². The summed E-state index contributed by atoms with van der Waals surface area (Å²) in [5, 5.41) is 4.37. The molecule has 0 aliphatic heterocycles. The first-order chi connectivity index (χ1) is 9.67. The van der Waals surface area contributed by atoms with E-state index in [9.17, 15) is 0 Å². The van der Waals surface area contributed by atoms with Gasteiger partial charge >= 0.3 is 0 Å². The van der Waals surface area contributed by atoms with Crippen LogP contribution in [-0.2, 0) is 12.8 Å². The van der Waals surface area contributed by atoms with Gasteiger partial charge in [0.1, 0.15) is 0 Å². The van der Waals surface area contributed by atoms with Gasteiger partial charge in [0.2, 0.25) is 0 Å². The Labute approximate surface area is 134 Å². The lowest BCUT2D eigenvalue weighted by molar-refractivity contribution is 0.521. The smallest absolute Gasteiger partial charge is 0.0408 e. The SMILES string of the molecule is CCNC(Cc1ccc(Br)cc1)Cc1cccc(Cl)c1. The van der Waals surface area contributed by atoms with Gasteiger partial charge in [-0.15, -0.1) is 0 Å². The second kappa shape index (κ2) is 7.82. The number of nitrogens with one attached hydrogen (secondary N) is 1. The minimum Gasteiger partial charge on any atom is -0.314 e. The highest BCUT2D eigenvalue weighted by atomic mass is 79.9. The first-order valence-electron chi connectivity index (χ1n) is 6.89. The Morgan fingerprint density at radius 1 is 1.05 bits per heavy atom. The van der Waals surface area contributed by atoms with Crippen molar-refractivity contribution in [3.8, 4) is 0 Å². The number of likely N-dealkylation sites (N-methyl/N-ethyl adjacent to an activating group) is 1. The molecule has 0 fully saturated rings. The van der Waals surface area contributed by atoms with E-state index in [1.807, 2.05) is 18.2 Å². The van der Waals surface area contributed by atoms with Gasteiger partial charge in [0.15, 0.2) is 0 Å². The third-order valence-electron chi connectivity index (χ3n) is 3.26. The number of halogens is 2. The Kier molecular flexibility index (Phi) is 6.08. The highest BCUT2D eigenvalue weighted by Crippen LogP contribution is 2.16. The van der Waals surface area contributed by atoms with Crippen LogP contribution in [0, 0.1) is 0 Å². The van der Waals surface area contributed by atoms with E-state index in [0.717, 1.165) is 28.9 Å². The van der Waals surface area contributed by atoms with Crippen LogP contribution in [0.15, 0.2) is 53.0 Å². The maximum atomic E-state index is 6.06. The average Bonchev–Trinajstić information content (AvgIpc) is 2.42. The topological polar surface area (TPSA) is 12.0 Å². The van der Waals surface area contributed by atoms with Crippen LogP contribution < -0.4 is 5.32 Å². The molecule has 0 amide bonds. The molecule has 3 heteroatoms. The summed E-state index contributed by atoms with van der Waals surface area (Å²) in [6, 6.07) is 17.1. The van der Waals surface area contributed by atoms with Crippen LogP contribution in [0.25, 0.3) is 0 Å². The van der Waals surface area contributed by atoms with Crippen LogP contribution in [0.1, 0.15) is 18.1 Å². The Morgan fingerprint density at radius 3 is 2.40 bits per heavy atom. The highest BCUT2D eigenvalue weighted by Gasteiger charge is 2.10. The molecule has 0 saturated carbocycles. The molecular weight excluding hydrogens is 334 g/mol. The van der Waals surface area contributed by atoms with Crippen LogP contribution >= 0.6 is 27.5 Å². The molecule has 20 heavy (non-hydrogen) atoms.